The van der Waals surface area contributed by atoms with Crippen LogP contribution in [0.3, 0.4) is 0 Å². The van der Waals surface area contributed by atoms with Crippen LogP contribution in [-0.2, 0) is 14.8 Å². The average Bonchev–Trinajstić information content (AvgIpc) is 2.87. The molecule has 0 unspecified atom stereocenters. The fraction of sp³-hybridized carbons (Fsp3) is 0.148. The molecule has 190 valence electrons. The molecule has 8 nitrogen and oxygen atoms in total. The summed E-state index contributed by atoms with van der Waals surface area (Å²) >= 11 is 6.29. The molecule has 1 heterocycles. The second-order valence-corrected chi connectivity index (χ2v) is 10.6. The van der Waals surface area contributed by atoms with Crippen LogP contribution in [0.15, 0.2) is 82.8 Å². The summed E-state index contributed by atoms with van der Waals surface area (Å²) in [5.41, 5.74) is 5.67. The van der Waals surface area contributed by atoms with Crippen LogP contribution in [0.5, 0.6) is 5.75 Å². The molecule has 4 aromatic rings. The van der Waals surface area contributed by atoms with Crippen LogP contribution < -0.4 is 14.5 Å². The van der Waals surface area contributed by atoms with Gasteiger partial charge in [0.15, 0.2) is 0 Å². The van der Waals surface area contributed by atoms with E-state index in [1.54, 1.807) is 55.6 Å². The molecular formula is C27H25ClN4O4S. The molecule has 4 rings (SSSR count). The van der Waals surface area contributed by atoms with Gasteiger partial charge in [-0.05, 0) is 67.4 Å². The molecule has 0 radical (unpaired) electrons. The molecule has 0 aliphatic heterocycles. The van der Waals surface area contributed by atoms with Crippen LogP contribution in [0.2, 0.25) is 5.15 Å². The number of ether oxygens (including phenoxy) is 1. The summed E-state index contributed by atoms with van der Waals surface area (Å²) in [7, 11) is -2.45. The quantitative estimate of drug-likeness (QED) is 0.197. The standard InChI is InChI=1S/C27H25ClN4O4S/c1-18-11-19(2)13-22(12-18)32(37(34,35)24-7-5-4-6-8-24)17-26(33)31-29-16-21-14-20-9-10-23(36-3)15-25(20)30-27(21)28/h4-16H,17H2,1-3H3,(H,31,33)/b29-16+. The lowest BCUT2D eigenvalue weighted by molar-refractivity contribution is -0.119. The van der Waals surface area contributed by atoms with E-state index >= 15 is 0 Å². The fourth-order valence-electron chi connectivity index (χ4n) is 3.83. The van der Waals surface area contributed by atoms with Gasteiger partial charge in [0.1, 0.15) is 17.4 Å². The summed E-state index contributed by atoms with van der Waals surface area (Å²) in [5.74, 6) is 0.0353. The summed E-state index contributed by atoms with van der Waals surface area (Å²) in [6.07, 6.45) is 1.36. The number of nitrogens with one attached hydrogen (secondary N) is 1. The van der Waals surface area contributed by atoms with E-state index in [0.717, 1.165) is 20.8 Å². The van der Waals surface area contributed by atoms with Gasteiger partial charge >= 0.3 is 0 Å². The van der Waals surface area contributed by atoms with Crippen LogP contribution in [0, 0.1) is 13.8 Å². The number of sulfonamides is 1. The first-order valence-electron chi connectivity index (χ1n) is 11.3. The Morgan fingerprint density at radius 3 is 2.43 bits per heavy atom. The Bertz CT molecular complexity index is 1570. The summed E-state index contributed by atoms with van der Waals surface area (Å²) in [6, 6.07) is 20.5. The molecule has 0 aliphatic rings. The number of methoxy groups -OCH3 is 1. The number of hydrazone groups is 1. The molecule has 0 fully saturated rings. The number of carbonyl (C=O) groups excluding carboxylic acids is 1. The first kappa shape index (κ1) is 26.1. The Morgan fingerprint density at radius 1 is 1.05 bits per heavy atom. The number of pyridine rings is 1. The lowest BCUT2D eigenvalue weighted by Gasteiger charge is -2.24. The van der Waals surface area contributed by atoms with Gasteiger partial charge < -0.3 is 4.74 Å². The molecule has 0 bridgehead atoms. The van der Waals surface area contributed by atoms with Crippen molar-refractivity contribution in [1.29, 1.82) is 0 Å². The third kappa shape index (κ3) is 6.07. The normalized spacial score (nSPS) is 11.6. The molecule has 37 heavy (non-hydrogen) atoms. The number of hydrogen-bond acceptors (Lipinski definition) is 6. The fourth-order valence-corrected chi connectivity index (χ4v) is 5.45. The van der Waals surface area contributed by atoms with Crippen molar-refractivity contribution in [1.82, 2.24) is 10.4 Å². The first-order chi connectivity index (χ1) is 17.7. The van der Waals surface area contributed by atoms with E-state index in [9.17, 15) is 13.2 Å². The maximum absolute atomic E-state index is 13.5. The van der Waals surface area contributed by atoms with Crippen molar-refractivity contribution in [2.45, 2.75) is 18.7 Å². The Morgan fingerprint density at radius 2 is 1.76 bits per heavy atom. The number of carbonyl (C=O) groups is 1. The number of rotatable bonds is 8. The third-order valence-electron chi connectivity index (χ3n) is 5.51. The number of benzene rings is 3. The zero-order valence-corrected chi connectivity index (χ0v) is 22.0. The third-order valence-corrected chi connectivity index (χ3v) is 7.60. The zero-order valence-electron chi connectivity index (χ0n) is 20.5. The molecule has 10 heteroatoms. The molecule has 0 saturated carbocycles. The SMILES string of the molecule is COc1ccc2cc(/C=N/NC(=O)CN(c3cc(C)cc(C)c3)S(=O)(=O)c3ccccc3)c(Cl)nc2c1. The number of anilines is 1. The smallest absolute Gasteiger partial charge is 0.264 e. The van der Waals surface area contributed by atoms with Crippen LogP contribution in [-0.4, -0.2) is 39.2 Å². The largest absolute Gasteiger partial charge is 0.497 e. The molecule has 1 aromatic heterocycles. The number of aryl methyl sites for hydroxylation is 2. The van der Waals surface area contributed by atoms with Crippen molar-refractivity contribution >= 4 is 50.3 Å². The Kier molecular flexibility index (Phi) is 7.75. The Balaban J connectivity index is 1.57. The van der Waals surface area contributed by atoms with E-state index in [2.05, 4.69) is 15.5 Å². The minimum atomic E-state index is -4.02. The van der Waals surface area contributed by atoms with E-state index in [1.807, 2.05) is 26.0 Å². The van der Waals surface area contributed by atoms with Crippen molar-refractivity contribution < 1.29 is 17.9 Å². The highest BCUT2D eigenvalue weighted by atomic mass is 35.5. The summed E-state index contributed by atoms with van der Waals surface area (Å²) in [6.45, 7) is 3.26. The van der Waals surface area contributed by atoms with Gasteiger partial charge in [0, 0.05) is 17.0 Å². The lowest BCUT2D eigenvalue weighted by Crippen LogP contribution is -2.39. The van der Waals surface area contributed by atoms with Gasteiger partial charge in [0.25, 0.3) is 15.9 Å². The van der Waals surface area contributed by atoms with E-state index in [4.69, 9.17) is 16.3 Å². The number of fused-ring (bicyclic) bond motifs is 1. The molecule has 1 N–H and O–H groups in total. The van der Waals surface area contributed by atoms with Gasteiger partial charge in [-0.3, -0.25) is 9.10 Å². The second-order valence-electron chi connectivity index (χ2n) is 8.39. The first-order valence-corrected chi connectivity index (χ1v) is 13.1. The number of hydrogen-bond donors (Lipinski definition) is 1. The van der Waals surface area contributed by atoms with Crippen molar-refractivity contribution in [2.75, 3.05) is 18.0 Å². The summed E-state index contributed by atoms with van der Waals surface area (Å²) < 4.78 is 33.2. The van der Waals surface area contributed by atoms with Gasteiger partial charge in [-0.2, -0.15) is 5.10 Å². The Hall–Kier alpha value is -3.95. The predicted molar refractivity (Wildman–Crippen MR) is 146 cm³/mol. The van der Waals surface area contributed by atoms with Crippen molar-refractivity contribution in [3.05, 3.63) is 94.6 Å². The number of aromatic nitrogens is 1. The van der Waals surface area contributed by atoms with Crippen LogP contribution in [0.1, 0.15) is 16.7 Å². The van der Waals surface area contributed by atoms with Gasteiger partial charge in [-0.25, -0.2) is 18.8 Å². The summed E-state index contributed by atoms with van der Waals surface area (Å²) in [4.78, 5) is 17.3. The van der Waals surface area contributed by atoms with E-state index in [-0.39, 0.29) is 10.0 Å². The highest BCUT2D eigenvalue weighted by Crippen LogP contribution is 2.26. The van der Waals surface area contributed by atoms with Gasteiger partial charge in [-0.15, -0.1) is 0 Å². The zero-order chi connectivity index (χ0) is 26.6. The molecule has 0 spiro atoms. The van der Waals surface area contributed by atoms with Crippen molar-refractivity contribution in [3.63, 3.8) is 0 Å². The van der Waals surface area contributed by atoms with Crippen LogP contribution >= 0.6 is 11.6 Å². The lowest BCUT2D eigenvalue weighted by atomic mass is 10.1. The molecule has 1 amide bonds. The van der Waals surface area contributed by atoms with Crippen molar-refractivity contribution in [2.24, 2.45) is 5.10 Å². The van der Waals surface area contributed by atoms with E-state index < -0.39 is 22.5 Å². The maximum atomic E-state index is 13.5. The predicted octanol–water partition coefficient (Wildman–Crippen LogP) is 4.86. The highest BCUT2D eigenvalue weighted by Gasteiger charge is 2.27. The molecule has 0 aliphatic carbocycles. The number of halogens is 1. The minimum absolute atomic E-state index is 0.0797. The molecular weight excluding hydrogens is 512 g/mol. The average molecular weight is 537 g/mol. The summed E-state index contributed by atoms with van der Waals surface area (Å²) in [5, 5.41) is 4.99. The topological polar surface area (TPSA) is 101 Å². The van der Waals surface area contributed by atoms with Gasteiger partial charge in [0.2, 0.25) is 0 Å². The molecule has 0 saturated heterocycles. The highest BCUT2D eigenvalue weighted by molar-refractivity contribution is 7.92. The Labute approximate surface area is 220 Å². The van der Waals surface area contributed by atoms with E-state index in [0.29, 0.717) is 22.5 Å². The molecule has 3 aromatic carbocycles. The molecule has 0 atom stereocenters. The van der Waals surface area contributed by atoms with E-state index in [1.165, 1.54) is 18.3 Å². The van der Waals surface area contributed by atoms with Crippen molar-refractivity contribution in [3.8, 4) is 5.75 Å². The second kappa shape index (κ2) is 11.0. The monoisotopic (exact) mass is 536 g/mol. The van der Waals surface area contributed by atoms with Crippen LogP contribution in [0.25, 0.3) is 10.9 Å². The number of nitrogens with zero attached hydrogens (tertiary/aromatic N) is 3. The number of amides is 1. The van der Waals surface area contributed by atoms with Crippen LogP contribution in [0.4, 0.5) is 5.69 Å². The van der Waals surface area contributed by atoms with Gasteiger partial charge in [-0.1, -0.05) is 35.9 Å². The van der Waals surface area contributed by atoms with Gasteiger partial charge in [0.05, 0.1) is 29.4 Å². The minimum Gasteiger partial charge on any atom is -0.497 e. The maximum Gasteiger partial charge on any atom is 0.264 e.